The number of H-pyrrole nitrogens is 1. The van der Waals surface area contributed by atoms with Crippen LogP contribution in [0.4, 0.5) is 10.3 Å². The van der Waals surface area contributed by atoms with Crippen LogP contribution >= 0.6 is 0 Å². The number of hydrazine groups is 1. The van der Waals surface area contributed by atoms with E-state index in [0.717, 1.165) is 5.69 Å². The molecule has 32 heavy (non-hydrogen) atoms. The number of rotatable bonds is 9. The molecule has 2 atom stereocenters. The van der Waals surface area contributed by atoms with Crippen LogP contribution in [-0.4, -0.2) is 60.1 Å². The van der Waals surface area contributed by atoms with Crippen LogP contribution in [-0.2, 0) is 6.42 Å². The second kappa shape index (κ2) is 10.4. The normalized spacial score (nSPS) is 13.6. The van der Waals surface area contributed by atoms with Gasteiger partial charge in [0.2, 0.25) is 5.95 Å². The first kappa shape index (κ1) is 23.4. The van der Waals surface area contributed by atoms with Crippen LogP contribution in [0.2, 0.25) is 0 Å². The molecule has 1 aromatic carbocycles. The van der Waals surface area contributed by atoms with Crippen molar-refractivity contribution in [3.05, 3.63) is 53.2 Å². The van der Waals surface area contributed by atoms with Gasteiger partial charge in [0, 0.05) is 31.0 Å². The smallest absolute Gasteiger partial charge is 0.240 e. The summed E-state index contributed by atoms with van der Waals surface area (Å²) < 4.78 is 13.5. The summed E-state index contributed by atoms with van der Waals surface area (Å²) in [6.07, 6.45) is 1.76. The molecule has 0 radical (unpaired) electrons. The van der Waals surface area contributed by atoms with E-state index in [1.807, 2.05) is 13.8 Å². The van der Waals surface area contributed by atoms with Gasteiger partial charge in [-0.1, -0.05) is 31.2 Å². The highest BCUT2D eigenvalue weighted by Crippen LogP contribution is 2.31. The highest BCUT2D eigenvalue weighted by molar-refractivity contribution is 5.74. The van der Waals surface area contributed by atoms with E-state index >= 15 is 0 Å². The van der Waals surface area contributed by atoms with E-state index in [1.165, 1.54) is 17.1 Å². The first-order valence-electron chi connectivity index (χ1n) is 10.2. The fourth-order valence-electron chi connectivity index (χ4n) is 3.19. The second-order valence-electron chi connectivity index (χ2n) is 7.79. The van der Waals surface area contributed by atoms with Crippen LogP contribution < -0.4 is 10.9 Å². The number of hydrogen-bond acceptors (Lipinski definition) is 9. The van der Waals surface area contributed by atoms with Crippen molar-refractivity contribution in [1.82, 2.24) is 30.6 Å². The van der Waals surface area contributed by atoms with Crippen molar-refractivity contribution in [2.45, 2.75) is 44.8 Å². The van der Waals surface area contributed by atoms with Crippen molar-refractivity contribution in [3.8, 4) is 11.3 Å². The number of anilines is 1. The lowest BCUT2D eigenvalue weighted by molar-refractivity contribution is 0.103. The number of aliphatic hydroxyl groups is 2. The molecule has 0 aliphatic carbocycles. The van der Waals surface area contributed by atoms with Gasteiger partial charge in [0.25, 0.3) is 0 Å². The van der Waals surface area contributed by atoms with E-state index in [-0.39, 0.29) is 24.6 Å². The third-order valence-corrected chi connectivity index (χ3v) is 4.75. The van der Waals surface area contributed by atoms with Gasteiger partial charge in [0.1, 0.15) is 5.82 Å². The minimum atomic E-state index is -0.935. The maximum atomic E-state index is 13.5. The van der Waals surface area contributed by atoms with E-state index in [4.69, 9.17) is 5.84 Å². The van der Waals surface area contributed by atoms with Gasteiger partial charge in [-0.15, -0.1) is 10.2 Å². The maximum absolute atomic E-state index is 13.5. The zero-order valence-electron chi connectivity index (χ0n) is 18.1. The van der Waals surface area contributed by atoms with Gasteiger partial charge in [0.15, 0.2) is 5.82 Å². The highest BCUT2D eigenvalue weighted by atomic mass is 19.1. The summed E-state index contributed by atoms with van der Waals surface area (Å²) in [5.41, 5.74) is 2.66. The summed E-state index contributed by atoms with van der Waals surface area (Å²) in [5, 5.41) is 35.3. The first-order valence-corrected chi connectivity index (χ1v) is 10.2. The Labute approximate surface area is 185 Å². The highest BCUT2D eigenvalue weighted by Gasteiger charge is 2.19. The number of hydrogen-bond donors (Lipinski definition) is 4. The molecule has 5 N–H and O–H groups in total. The number of aromatic amines is 1. The Kier molecular flexibility index (Phi) is 7.57. The Morgan fingerprint density at radius 2 is 1.91 bits per heavy atom. The van der Waals surface area contributed by atoms with E-state index in [1.54, 1.807) is 31.3 Å². The van der Waals surface area contributed by atoms with E-state index < -0.39 is 12.2 Å². The van der Waals surface area contributed by atoms with Crippen molar-refractivity contribution < 1.29 is 14.6 Å². The Balaban J connectivity index is 1.93. The third-order valence-electron chi connectivity index (χ3n) is 4.75. The van der Waals surface area contributed by atoms with Gasteiger partial charge >= 0.3 is 0 Å². The Bertz CT molecular complexity index is 1040. The molecule has 170 valence electrons. The van der Waals surface area contributed by atoms with Crippen molar-refractivity contribution in [2.75, 3.05) is 12.1 Å². The third kappa shape index (κ3) is 5.90. The van der Waals surface area contributed by atoms with E-state index in [9.17, 15) is 14.6 Å². The summed E-state index contributed by atoms with van der Waals surface area (Å²) in [4.78, 5) is 9.13. The molecule has 0 spiro atoms. The zero-order valence-corrected chi connectivity index (χ0v) is 18.1. The molecule has 10 nitrogen and oxygen atoms in total. The summed E-state index contributed by atoms with van der Waals surface area (Å²) >= 11 is 0. The molecule has 0 unspecified atom stereocenters. The standard InChI is InChI=1S/C21H27FN8O2/c1-12(2)19-17(9-8-15(31)10-16(32)11-18-26-28-29-27-18)20(25-21(24-19)30(3)23)13-4-6-14(22)7-5-13/h4-9,12,15-16,31-32H,10-11,23H2,1-3H3,(H,26,27,28,29)/b9-8+/t15-,16-/m1/s1. The number of nitrogens with one attached hydrogen (secondary N) is 1. The average Bonchev–Trinajstić information content (AvgIpc) is 3.24. The van der Waals surface area contributed by atoms with Crippen LogP contribution in [0.5, 0.6) is 0 Å². The minimum Gasteiger partial charge on any atom is -0.393 e. The molecular formula is C21H27FN8O2. The summed E-state index contributed by atoms with van der Waals surface area (Å²) in [6, 6.07) is 5.97. The molecule has 0 amide bonds. The van der Waals surface area contributed by atoms with Crippen molar-refractivity contribution >= 4 is 12.0 Å². The second-order valence-corrected chi connectivity index (χ2v) is 7.79. The number of aromatic nitrogens is 6. The molecule has 3 aromatic rings. The van der Waals surface area contributed by atoms with Gasteiger partial charge in [-0.2, -0.15) is 5.21 Å². The molecule has 0 aliphatic heterocycles. The zero-order chi connectivity index (χ0) is 23.3. The number of aliphatic hydroxyl groups excluding tert-OH is 2. The Hall–Kier alpha value is -3.28. The monoisotopic (exact) mass is 442 g/mol. The average molecular weight is 442 g/mol. The molecule has 2 heterocycles. The van der Waals surface area contributed by atoms with Crippen LogP contribution in [0, 0.1) is 5.82 Å². The molecule has 0 bridgehead atoms. The molecule has 0 fully saturated rings. The topological polar surface area (TPSA) is 150 Å². The predicted molar refractivity (Wildman–Crippen MR) is 118 cm³/mol. The molecule has 11 heteroatoms. The maximum Gasteiger partial charge on any atom is 0.240 e. The van der Waals surface area contributed by atoms with Crippen molar-refractivity contribution in [1.29, 1.82) is 0 Å². The van der Waals surface area contributed by atoms with Crippen molar-refractivity contribution in [3.63, 3.8) is 0 Å². The first-order chi connectivity index (χ1) is 15.2. The number of halogens is 1. The fraction of sp³-hybridized carbons (Fsp3) is 0.381. The molecule has 0 aliphatic rings. The lowest BCUT2D eigenvalue weighted by Crippen LogP contribution is -2.28. The van der Waals surface area contributed by atoms with Crippen molar-refractivity contribution in [2.24, 2.45) is 5.84 Å². The number of nitrogens with zero attached hydrogens (tertiary/aromatic N) is 6. The largest absolute Gasteiger partial charge is 0.393 e. The minimum absolute atomic E-state index is 0.0246. The van der Waals surface area contributed by atoms with Crippen LogP contribution in [0.15, 0.2) is 30.3 Å². The SMILES string of the molecule is CC(C)c1nc(N(C)N)nc(-c2ccc(F)cc2)c1/C=C/[C@@H](O)C[C@@H](O)Cc1nn[nH]n1. The Morgan fingerprint density at radius 3 is 2.50 bits per heavy atom. The fourth-order valence-corrected chi connectivity index (χ4v) is 3.19. The Morgan fingerprint density at radius 1 is 1.19 bits per heavy atom. The number of nitrogens with two attached hydrogens (primary N) is 1. The van der Waals surface area contributed by atoms with Crippen LogP contribution in [0.1, 0.15) is 43.3 Å². The van der Waals surface area contributed by atoms with E-state index in [0.29, 0.717) is 28.6 Å². The summed E-state index contributed by atoms with van der Waals surface area (Å²) in [5.74, 6) is 6.24. The lowest BCUT2D eigenvalue weighted by atomic mass is 9.97. The lowest BCUT2D eigenvalue weighted by Gasteiger charge is -2.19. The number of benzene rings is 1. The molecule has 0 saturated carbocycles. The summed E-state index contributed by atoms with van der Waals surface area (Å²) in [7, 11) is 1.64. The predicted octanol–water partition coefficient (Wildman–Crippen LogP) is 1.60. The van der Waals surface area contributed by atoms with Gasteiger partial charge in [-0.3, -0.25) is 5.01 Å². The summed E-state index contributed by atoms with van der Waals surface area (Å²) in [6.45, 7) is 3.97. The molecule has 3 rings (SSSR count). The molecule has 2 aromatic heterocycles. The van der Waals surface area contributed by atoms with Gasteiger partial charge in [0.05, 0.1) is 23.6 Å². The quantitative estimate of drug-likeness (QED) is 0.286. The number of tetrazole rings is 1. The molecule has 0 saturated heterocycles. The van der Waals surface area contributed by atoms with Crippen LogP contribution in [0.25, 0.3) is 17.3 Å². The van der Waals surface area contributed by atoms with Crippen LogP contribution in [0.3, 0.4) is 0 Å². The van der Waals surface area contributed by atoms with Gasteiger partial charge < -0.3 is 10.2 Å². The van der Waals surface area contributed by atoms with Gasteiger partial charge in [-0.25, -0.2) is 20.2 Å². The van der Waals surface area contributed by atoms with E-state index in [2.05, 4.69) is 30.6 Å². The molecular weight excluding hydrogens is 415 g/mol. The van der Waals surface area contributed by atoms with Gasteiger partial charge in [-0.05, 0) is 30.2 Å².